The number of hydrogen-bond acceptors (Lipinski definition) is 12. The highest BCUT2D eigenvalue weighted by Gasteiger charge is 2.24. The number of carboxylic acid groups (broad SMARTS) is 1. The molecule has 4 atom stereocenters. The molecule has 5 rings (SSSR count). The monoisotopic (exact) mass is 755 g/mol. The number of ether oxygens (including phenoxy) is 3. The molecule has 53 heavy (non-hydrogen) atoms. The molecule has 0 radical (unpaired) electrons. The minimum Gasteiger partial charge on any atom is -0.497 e. The second kappa shape index (κ2) is 33.4. The fourth-order valence-electron chi connectivity index (χ4n) is 3.99. The Morgan fingerprint density at radius 2 is 1.17 bits per heavy atom. The molecule has 17 nitrogen and oxygen atoms in total. The van der Waals surface area contributed by atoms with E-state index in [9.17, 15) is 19.5 Å². The highest BCUT2D eigenvalue weighted by atomic mass is 16.5. The molecule has 11 N–H and O–H groups in total. The molecule has 3 heterocycles. The molecule has 3 aliphatic heterocycles. The highest BCUT2D eigenvalue weighted by molar-refractivity contribution is 5.77. The molecule has 0 aromatic heterocycles. The third-order valence-electron chi connectivity index (χ3n) is 7.09. The van der Waals surface area contributed by atoms with E-state index in [0.29, 0.717) is 19.6 Å². The summed E-state index contributed by atoms with van der Waals surface area (Å²) in [6, 6.07) is 15.4. The molecule has 3 saturated heterocycles. The molecule has 4 unspecified atom stereocenters. The number of hydrazine groups is 1. The molecule has 0 saturated carbocycles. The standard InChI is InChI=1S/2C8H10O.C6H12N2O3.C4H9N3O3.2C4H9NO.C2H6/c2*1-7-3-5-8(9-2)6-4-7;9-5-3-7-1-4(5)2-8-6(10)11;1-5-3(8)6-7-4(9)10-2;2*6-4-1-2-5-3-4;1-2/h2*3-6H,1-2H3;4-5,7-9H,1-3H2,(H,10,11);1-2H3,(H,7,9)(H2,5,6,8);2*4-6H,1-3H2;1-2H3. The van der Waals surface area contributed by atoms with Crippen LogP contribution in [-0.4, -0.2) is 131 Å². The van der Waals surface area contributed by atoms with Gasteiger partial charge in [-0.3, -0.25) is 0 Å². The number of aliphatic hydroxyl groups is 3. The van der Waals surface area contributed by atoms with Crippen LogP contribution < -0.4 is 46.9 Å². The van der Waals surface area contributed by atoms with Gasteiger partial charge >= 0.3 is 18.2 Å². The fraction of sp³-hybridized carbons (Fsp3) is 0.583. The van der Waals surface area contributed by atoms with E-state index in [4.69, 9.17) is 24.8 Å². The van der Waals surface area contributed by atoms with Crippen molar-refractivity contribution < 1.29 is 49.0 Å². The predicted octanol–water partition coefficient (Wildman–Crippen LogP) is 1.74. The Kier molecular flexibility index (Phi) is 32.0. The fourth-order valence-corrected chi connectivity index (χ4v) is 3.99. The number of β-amino-alcohol motifs (C(OH)–C–C–N with tert-alkyl or cyclic N) is 3. The van der Waals surface area contributed by atoms with Gasteiger partial charge in [-0.1, -0.05) is 49.2 Å². The zero-order chi connectivity index (χ0) is 40.4. The third-order valence-corrected chi connectivity index (χ3v) is 7.09. The average Bonchev–Trinajstić information content (AvgIpc) is 3.96. The Morgan fingerprint density at radius 1 is 0.717 bits per heavy atom. The molecule has 3 aliphatic rings. The summed E-state index contributed by atoms with van der Waals surface area (Å²) < 4.78 is 14.1. The van der Waals surface area contributed by atoms with Crippen molar-refractivity contribution in [2.75, 3.05) is 74.2 Å². The van der Waals surface area contributed by atoms with Gasteiger partial charge in [-0.15, -0.1) is 0 Å². The summed E-state index contributed by atoms with van der Waals surface area (Å²) in [5.41, 5.74) is 6.49. The average molecular weight is 756 g/mol. The van der Waals surface area contributed by atoms with Gasteiger partial charge in [-0.25, -0.2) is 25.2 Å². The van der Waals surface area contributed by atoms with Crippen molar-refractivity contribution in [1.82, 2.24) is 37.4 Å². The normalized spacial score (nSPS) is 18.8. The Labute approximate surface area is 314 Å². The van der Waals surface area contributed by atoms with Gasteiger partial charge in [0.05, 0.1) is 39.6 Å². The molecule has 0 aliphatic carbocycles. The minimum atomic E-state index is -1.04. The van der Waals surface area contributed by atoms with E-state index in [-0.39, 0.29) is 18.1 Å². The van der Waals surface area contributed by atoms with E-state index in [0.717, 1.165) is 50.5 Å². The van der Waals surface area contributed by atoms with Crippen LogP contribution in [0.4, 0.5) is 14.4 Å². The lowest BCUT2D eigenvalue weighted by Gasteiger charge is -2.11. The van der Waals surface area contributed by atoms with E-state index in [1.54, 1.807) is 14.2 Å². The number of carbonyl (C=O) groups is 3. The SMILES string of the molecule is CC.CNC(=O)NNC(=O)OC.COc1ccc(C)cc1.COc1ccc(C)cc1.O=C(O)NCC1CNCC1O.OC1CCNC1.OC1CCNC1. The van der Waals surface area contributed by atoms with Gasteiger partial charge in [0.15, 0.2) is 0 Å². The first-order valence-electron chi connectivity index (χ1n) is 17.5. The molecular formula is C36H65N7O10. The largest absolute Gasteiger partial charge is 0.497 e. The van der Waals surface area contributed by atoms with Gasteiger partial charge < -0.3 is 61.2 Å². The summed E-state index contributed by atoms with van der Waals surface area (Å²) in [6.45, 7) is 13.2. The summed E-state index contributed by atoms with van der Waals surface area (Å²) >= 11 is 0. The number of nitrogens with one attached hydrogen (secondary N) is 7. The Bertz CT molecular complexity index is 1110. The number of rotatable bonds is 4. The lowest BCUT2D eigenvalue weighted by molar-refractivity contribution is 0.143. The van der Waals surface area contributed by atoms with Crippen molar-refractivity contribution in [3.05, 3.63) is 59.7 Å². The maximum absolute atomic E-state index is 10.3. The number of carbonyl (C=O) groups excluding carboxylic acids is 2. The van der Waals surface area contributed by atoms with Crippen LogP contribution in [0.2, 0.25) is 0 Å². The quantitative estimate of drug-likeness (QED) is 0.200. The molecular weight excluding hydrogens is 690 g/mol. The minimum absolute atomic E-state index is 0.0195. The molecule has 0 spiro atoms. The Hall–Kier alpha value is -4.39. The summed E-state index contributed by atoms with van der Waals surface area (Å²) in [4.78, 5) is 30.6. The van der Waals surface area contributed by atoms with Crippen LogP contribution >= 0.6 is 0 Å². The van der Waals surface area contributed by atoms with Crippen molar-refractivity contribution in [3.8, 4) is 11.5 Å². The van der Waals surface area contributed by atoms with Crippen LogP contribution in [0.5, 0.6) is 11.5 Å². The van der Waals surface area contributed by atoms with Crippen LogP contribution in [0.15, 0.2) is 48.5 Å². The van der Waals surface area contributed by atoms with Crippen molar-refractivity contribution in [3.63, 3.8) is 0 Å². The summed E-state index contributed by atoms with van der Waals surface area (Å²) in [7, 11) is 5.96. The predicted molar refractivity (Wildman–Crippen MR) is 205 cm³/mol. The maximum Gasteiger partial charge on any atom is 0.425 e. The van der Waals surface area contributed by atoms with Crippen molar-refractivity contribution in [2.45, 2.75) is 58.8 Å². The Morgan fingerprint density at radius 3 is 1.43 bits per heavy atom. The molecule has 304 valence electrons. The van der Waals surface area contributed by atoms with Crippen molar-refractivity contribution in [2.24, 2.45) is 5.92 Å². The van der Waals surface area contributed by atoms with Crippen LogP contribution in [0.25, 0.3) is 0 Å². The number of aryl methyl sites for hydroxylation is 2. The van der Waals surface area contributed by atoms with E-state index in [1.807, 2.05) is 73.2 Å². The van der Waals surface area contributed by atoms with Gasteiger partial charge in [-0.2, -0.15) is 0 Å². The van der Waals surface area contributed by atoms with Crippen LogP contribution in [0.1, 0.15) is 37.8 Å². The van der Waals surface area contributed by atoms with E-state index < -0.39 is 24.3 Å². The smallest absolute Gasteiger partial charge is 0.425 e. The van der Waals surface area contributed by atoms with E-state index >= 15 is 0 Å². The topological polar surface area (TPSA) is 244 Å². The molecule has 4 amide bonds. The third kappa shape index (κ3) is 29.8. The first-order valence-corrected chi connectivity index (χ1v) is 17.5. The van der Waals surface area contributed by atoms with Crippen molar-refractivity contribution >= 4 is 18.2 Å². The first kappa shape index (κ1) is 50.7. The van der Waals surface area contributed by atoms with Crippen molar-refractivity contribution in [1.29, 1.82) is 0 Å². The van der Waals surface area contributed by atoms with Gasteiger partial charge in [0.25, 0.3) is 0 Å². The second-order valence-electron chi connectivity index (χ2n) is 11.3. The number of amides is 4. The van der Waals surface area contributed by atoms with Gasteiger partial charge in [-0.05, 0) is 64.0 Å². The summed E-state index contributed by atoms with van der Waals surface area (Å²) in [5.74, 6) is 1.85. The van der Waals surface area contributed by atoms with Gasteiger partial charge in [0, 0.05) is 45.7 Å². The van der Waals surface area contributed by atoms with Gasteiger partial charge in [0.2, 0.25) is 0 Å². The maximum atomic E-state index is 10.3. The lowest BCUT2D eigenvalue weighted by Crippen LogP contribution is -2.45. The van der Waals surface area contributed by atoms with E-state index in [1.165, 1.54) is 25.3 Å². The summed E-state index contributed by atoms with van der Waals surface area (Å²) in [6.07, 6.45) is -0.440. The van der Waals surface area contributed by atoms with Crippen LogP contribution in [0.3, 0.4) is 0 Å². The second-order valence-corrected chi connectivity index (χ2v) is 11.3. The van der Waals surface area contributed by atoms with Crippen LogP contribution in [-0.2, 0) is 4.74 Å². The number of benzene rings is 2. The van der Waals surface area contributed by atoms with Crippen LogP contribution in [0, 0.1) is 19.8 Å². The summed E-state index contributed by atoms with van der Waals surface area (Å²) in [5, 5.41) is 48.3. The number of urea groups is 1. The Balaban J connectivity index is 0. The number of aliphatic hydroxyl groups excluding tert-OH is 3. The highest BCUT2D eigenvalue weighted by Crippen LogP contribution is 2.10. The molecule has 17 heteroatoms. The zero-order valence-electron chi connectivity index (χ0n) is 32.5. The molecule has 2 aromatic carbocycles. The lowest BCUT2D eigenvalue weighted by atomic mass is 10.1. The molecule has 2 aromatic rings. The molecule has 0 bridgehead atoms. The molecule has 3 fully saturated rings. The first-order chi connectivity index (χ1) is 25.3. The van der Waals surface area contributed by atoms with E-state index in [2.05, 4.69) is 45.2 Å². The number of hydrogen-bond donors (Lipinski definition) is 11. The zero-order valence-corrected chi connectivity index (χ0v) is 32.5. The van der Waals surface area contributed by atoms with Gasteiger partial charge in [0.1, 0.15) is 11.5 Å². The number of methoxy groups -OCH3 is 3.